The SMILES string of the molecule is CC(C)(C)OC(=O)C(C)(C)ON=C(C(=O)O)c1csc(N)n1.CS(=O)(=O)OS(C)(=O)=O. The molecule has 31 heavy (non-hydrogen) atoms. The van der Waals surface area contributed by atoms with Gasteiger partial charge in [-0.15, -0.1) is 15.0 Å². The van der Waals surface area contributed by atoms with Crippen molar-refractivity contribution in [2.24, 2.45) is 5.16 Å². The van der Waals surface area contributed by atoms with Crippen LogP contribution in [-0.2, 0) is 43.0 Å². The summed E-state index contributed by atoms with van der Waals surface area (Å²) in [4.78, 5) is 32.1. The van der Waals surface area contributed by atoms with Crippen LogP contribution in [0.3, 0.4) is 0 Å². The smallest absolute Gasteiger partial charge is 0.360 e. The van der Waals surface area contributed by atoms with Crippen LogP contribution in [0.4, 0.5) is 5.13 Å². The van der Waals surface area contributed by atoms with E-state index in [1.807, 2.05) is 0 Å². The van der Waals surface area contributed by atoms with Gasteiger partial charge in [0, 0.05) is 5.38 Å². The molecule has 0 saturated carbocycles. The minimum absolute atomic E-state index is 0.0648. The Morgan fingerprint density at radius 3 is 1.87 bits per heavy atom. The Hall–Kier alpha value is -2.30. The summed E-state index contributed by atoms with van der Waals surface area (Å²) in [6.45, 7) is 8.00. The maximum Gasteiger partial charge on any atom is 0.360 e. The Bertz CT molecular complexity index is 1000. The Balaban J connectivity index is 0.000000842. The highest BCUT2D eigenvalue weighted by Gasteiger charge is 2.36. The Kier molecular flexibility index (Phi) is 9.57. The van der Waals surface area contributed by atoms with Gasteiger partial charge in [-0.05, 0) is 34.6 Å². The molecule has 0 bridgehead atoms. The molecule has 0 saturated heterocycles. The molecule has 1 aromatic rings. The fourth-order valence-electron chi connectivity index (χ4n) is 1.41. The van der Waals surface area contributed by atoms with Gasteiger partial charge in [0.1, 0.15) is 11.3 Å². The van der Waals surface area contributed by atoms with Crippen LogP contribution >= 0.6 is 11.3 Å². The molecule has 0 aromatic carbocycles. The minimum atomic E-state index is -3.87. The van der Waals surface area contributed by atoms with Crippen LogP contribution in [0, 0.1) is 0 Å². The molecule has 0 aliphatic carbocycles. The number of rotatable bonds is 7. The summed E-state index contributed by atoms with van der Waals surface area (Å²) in [7, 11) is -7.74. The number of oxime groups is 1. The first-order chi connectivity index (χ1) is 13.6. The number of esters is 1. The van der Waals surface area contributed by atoms with E-state index in [9.17, 15) is 26.4 Å². The van der Waals surface area contributed by atoms with E-state index in [1.165, 1.54) is 19.2 Å². The van der Waals surface area contributed by atoms with E-state index in [0.717, 1.165) is 11.3 Å². The molecule has 0 aliphatic heterocycles. The number of hydrogen-bond acceptors (Lipinski definition) is 13. The summed E-state index contributed by atoms with van der Waals surface area (Å²) in [5.74, 6) is -2.00. The summed E-state index contributed by atoms with van der Waals surface area (Å²) >= 11 is 1.07. The van der Waals surface area contributed by atoms with Gasteiger partial charge in [-0.25, -0.2) is 14.6 Å². The molecular weight excluding hydrogens is 478 g/mol. The van der Waals surface area contributed by atoms with Crippen molar-refractivity contribution in [1.29, 1.82) is 0 Å². The molecule has 1 heterocycles. The normalized spacial score (nSPS) is 13.1. The van der Waals surface area contributed by atoms with Crippen molar-refractivity contribution in [3.05, 3.63) is 11.1 Å². The first kappa shape index (κ1) is 28.7. The second kappa shape index (κ2) is 10.3. The lowest BCUT2D eigenvalue weighted by Crippen LogP contribution is -2.40. The molecule has 0 atom stereocenters. The number of carboxylic acids is 1. The monoisotopic (exact) mass is 503 g/mol. The molecule has 0 radical (unpaired) electrons. The molecular formula is C15H25N3O10S3. The number of nitrogens with two attached hydrogens (primary N) is 1. The summed E-state index contributed by atoms with van der Waals surface area (Å²) < 4.78 is 48.9. The second-order valence-electron chi connectivity index (χ2n) is 7.40. The third-order valence-corrected chi connectivity index (χ3v) is 5.12. The maximum atomic E-state index is 12.0. The average molecular weight is 504 g/mol. The van der Waals surface area contributed by atoms with E-state index in [-0.39, 0.29) is 10.8 Å². The quantitative estimate of drug-likeness (QED) is 0.298. The summed E-state index contributed by atoms with van der Waals surface area (Å²) in [6, 6.07) is 0. The highest BCUT2D eigenvalue weighted by Crippen LogP contribution is 2.19. The molecule has 1 rings (SSSR count). The predicted molar refractivity (Wildman–Crippen MR) is 112 cm³/mol. The van der Waals surface area contributed by atoms with Gasteiger partial charge in [0.25, 0.3) is 20.2 Å². The van der Waals surface area contributed by atoms with Crippen LogP contribution in [0.25, 0.3) is 0 Å². The van der Waals surface area contributed by atoms with Gasteiger partial charge in [-0.2, -0.15) is 16.8 Å². The Labute approximate surface area is 184 Å². The number of aromatic nitrogens is 1. The van der Waals surface area contributed by atoms with E-state index >= 15 is 0 Å². The van der Waals surface area contributed by atoms with Crippen molar-refractivity contribution in [3.8, 4) is 0 Å². The molecule has 16 heteroatoms. The Morgan fingerprint density at radius 2 is 1.58 bits per heavy atom. The van der Waals surface area contributed by atoms with E-state index in [1.54, 1.807) is 20.8 Å². The number of nitrogens with zero attached hydrogens (tertiary/aromatic N) is 2. The number of carboxylic acid groups (broad SMARTS) is 1. The van der Waals surface area contributed by atoms with Crippen molar-refractivity contribution in [2.75, 3.05) is 18.2 Å². The maximum absolute atomic E-state index is 12.0. The number of carbonyl (C=O) groups is 2. The molecule has 13 nitrogen and oxygen atoms in total. The molecule has 0 spiro atoms. The van der Waals surface area contributed by atoms with Crippen molar-refractivity contribution >= 4 is 54.4 Å². The number of nitrogen functional groups attached to an aromatic ring is 1. The van der Waals surface area contributed by atoms with Crippen LogP contribution < -0.4 is 5.73 Å². The van der Waals surface area contributed by atoms with Crippen LogP contribution in [0.5, 0.6) is 0 Å². The molecule has 0 fully saturated rings. The van der Waals surface area contributed by atoms with E-state index in [4.69, 9.17) is 20.4 Å². The zero-order valence-electron chi connectivity index (χ0n) is 17.9. The van der Waals surface area contributed by atoms with Crippen LogP contribution in [0.1, 0.15) is 40.3 Å². The fraction of sp³-hybridized carbons (Fsp3) is 0.600. The van der Waals surface area contributed by atoms with Gasteiger partial charge >= 0.3 is 11.9 Å². The number of carbonyl (C=O) groups excluding carboxylic acids is 1. The number of ether oxygens (including phenoxy) is 1. The highest BCUT2D eigenvalue weighted by molar-refractivity contribution is 7.99. The average Bonchev–Trinajstić information content (AvgIpc) is 2.88. The number of thiazole rings is 1. The number of anilines is 1. The molecule has 0 unspecified atom stereocenters. The Morgan fingerprint density at radius 1 is 1.10 bits per heavy atom. The predicted octanol–water partition coefficient (Wildman–Crippen LogP) is 0.573. The van der Waals surface area contributed by atoms with Gasteiger partial charge in [-0.3, -0.25) is 0 Å². The van der Waals surface area contributed by atoms with Crippen molar-refractivity contribution in [2.45, 2.75) is 45.8 Å². The van der Waals surface area contributed by atoms with E-state index in [0.29, 0.717) is 12.5 Å². The fourth-order valence-corrected chi connectivity index (χ4v) is 3.76. The van der Waals surface area contributed by atoms with Crippen molar-refractivity contribution in [3.63, 3.8) is 0 Å². The lowest BCUT2D eigenvalue weighted by molar-refractivity contribution is -0.179. The van der Waals surface area contributed by atoms with Gasteiger partial charge < -0.3 is 20.4 Å². The number of hydrogen-bond donors (Lipinski definition) is 2. The third-order valence-electron chi connectivity index (χ3n) is 2.47. The zero-order valence-corrected chi connectivity index (χ0v) is 20.3. The lowest BCUT2D eigenvalue weighted by atomic mass is 10.1. The van der Waals surface area contributed by atoms with E-state index < -0.39 is 49.1 Å². The third kappa shape index (κ3) is 12.9. The van der Waals surface area contributed by atoms with Crippen LogP contribution in [-0.4, -0.2) is 68.3 Å². The molecule has 178 valence electrons. The van der Waals surface area contributed by atoms with Crippen LogP contribution in [0.15, 0.2) is 10.5 Å². The first-order valence-electron chi connectivity index (χ1n) is 8.18. The summed E-state index contributed by atoms with van der Waals surface area (Å²) in [6.07, 6.45) is 1.32. The molecule has 1 aromatic heterocycles. The van der Waals surface area contributed by atoms with E-state index in [2.05, 4.69) is 13.8 Å². The van der Waals surface area contributed by atoms with Gasteiger partial charge in [-0.1, -0.05) is 5.16 Å². The topological polar surface area (TPSA) is 202 Å². The van der Waals surface area contributed by atoms with Gasteiger partial charge in [0.05, 0.1) is 12.5 Å². The van der Waals surface area contributed by atoms with Gasteiger partial charge in [0.2, 0.25) is 11.3 Å². The molecule has 0 amide bonds. The lowest BCUT2D eigenvalue weighted by Gasteiger charge is -2.26. The molecule has 3 N–H and O–H groups in total. The largest absolute Gasteiger partial charge is 0.476 e. The highest BCUT2D eigenvalue weighted by atomic mass is 32.3. The number of aliphatic carboxylic acids is 1. The van der Waals surface area contributed by atoms with Crippen molar-refractivity contribution in [1.82, 2.24) is 4.98 Å². The minimum Gasteiger partial charge on any atom is -0.476 e. The second-order valence-corrected chi connectivity index (χ2v) is 11.6. The zero-order chi connectivity index (χ0) is 24.8. The summed E-state index contributed by atoms with van der Waals surface area (Å²) in [5.41, 5.74) is 2.94. The first-order valence-corrected chi connectivity index (χ1v) is 12.7. The van der Waals surface area contributed by atoms with Crippen LogP contribution in [0.2, 0.25) is 0 Å². The standard InChI is InChI=1S/C13H19N3O5S.C2H6O5S2/c1-12(2,3)20-10(19)13(4,5)21-16-8(9(17)18)7-6-22-11(14)15-7;1-8(3,4)7-9(2,5)6/h6H,1-5H3,(H2,14,15)(H,17,18);1-2H3. The molecule has 0 aliphatic rings. The van der Waals surface area contributed by atoms with Crippen molar-refractivity contribution < 1.29 is 44.7 Å². The van der Waals surface area contributed by atoms with Gasteiger partial charge in [0.15, 0.2) is 5.13 Å². The summed E-state index contributed by atoms with van der Waals surface area (Å²) in [5, 5.41) is 14.3.